The summed E-state index contributed by atoms with van der Waals surface area (Å²) >= 11 is 23.9. The first-order chi connectivity index (χ1) is 13.8. The highest BCUT2D eigenvalue weighted by Gasteiger charge is 2.45. The van der Waals surface area contributed by atoms with E-state index < -0.39 is 29.5 Å². The number of amides is 3. The zero-order valence-corrected chi connectivity index (χ0v) is 19.1. The van der Waals surface area contributed by atoms with Crippen molar-refractivity contribution in [3.05, 3.63) is 31.2 Å². The van der Waals surface area contributed by atoms with Crippen LogP contribution in [0.1, 0.15) is 47.9 Å². The van der Waals surface area contributed by atoms with Gasteiger partial charge in [-0.25, -0.2) is 9.59 Å². The van der Waals surface area contributed by atoms with Gasteiger partial charge in [-0.15, -0.1) is 0 Å². The first-order valence-electron chi connectivity index (χ1n) is 8.75. The van der Waals surface area contributed by atoms with Crippen LogP contribution in [0.15, 0.2) is 0 Å². The van der Waals surface area contributed by atoms with Crippen LogP contribution in [-0.2, 0) is 14.4 Å². The maximum absolute atomic E-state index is 12.5. The zero-order valence-electron chi connectivity index (χ0n) is 16.1. The Kier molecular flexibility index (Phi) is 6.17. The van der Waals surface area contributed by atoms with Gasteiger partial charge in [0.1, 0.15) is 5.60 Å². The van der Waals surface area contributed by atoms with Gasteiger partial charge in [0, 0.05) is 19.0 Å². The molecule has 1 saturated heterocycles. The average molecular weight is 498 g/mol. The molecule has 0 radical (unpaired) electrons. The topological polar surface area (TPSA) is 93.2 Å². The lowest BCUT2D eigenvalue weighted by atomic mass is 9.97. The first-order valence-corrected chi connectivity index (χ1v) is 10.3. The first kappa shape index (κ1) is 22.9. The minimum absolute atomic E-state index is 0.115. The predicted octanol–water partition coefficient (Wildman–Crippen LogP) is 4.61. The summed E-state index contributed by atoms with van der Waals surface area (Å²) in [5.41, 5.74) is -1.19. The Hall–Kier alpha value is -1.74. The molecule has 2 heterocycles. The molecule has 0 spiro atoms. The molecule has 12 heteroatoms. The highest BCUT2D eigenvalue weighted by Crippen LogP contribution is 2.44. The largest absolute Gasteiger partial charge is 0.444 e. The molecular weight excluding hydrogens is 482 g/mol. The Labute approximate surface area is 191 Å². The quantitative estimate of drug-likeness (QED) is 0.344. The second kappa shape index (κ2) is 8.07. The zero-order chi connectivity index (χ0) is 22.5. The van der Waals surface area contributed by atoms with Crippen LogP contribution in [-0.4, -0.2) is 52.5 Å². The molecular formula is C18H16Cl4N2O6. The van der Waals surface area contributed by atoms with E-state index in [1.54, 1.807) is 20.8 Å². The molecule has 0 aliphatic carbocycles. The van der Waals surface area contributed by atoms with Gasteiger partial charge in [0.25, 0.3) is 11.8 Å². The van der Waals surface area contributed by atoms with Gasteiger partial charge in [0.15, 0.2) is 0 Å². The summed E-state index contributed by atoms with van der Waals surface area (Å²) in [6.07, 6.45) is -0.596. The third-order valence-corrected chi connectivity index (χ3v) is 6.12. The van der Waals surface area contributed by atoms with Crippen LogP contribution in [0.4, 0.5) is 4.79 Å². The molecule has 3 amide bonds. The van der Waals surface area contributed by atoms with E-state index in [9.17, 15) is 19.2 Å². The number of likely N-dealkylation sites (tertiary alicyclic amines) is 1. The molecule has 0 atom stereocenters. The Balaban J connectivity index is 1.62. The number of hydrogen-bond donors (Lipinski definition) is 0. The lowest BCUT2D eigenvalue weighted by Gasteiger charge is -2.39. The number of benzene rings is 1. The number of fused-ring (bicyclic) bond motifs is 1. The van der Waals surface area contributed by atoms with E-state index >= 15 is 0 Å². The fraction of sp³-hybridized carbons (Fsp3) is 0.444. The van der Waals surface area contributed by atoms with Crippen molar-refractivity contribution in [1.82, 2.24) is 9.96 Å². The molecule has 162 valence electrons. The molecule has 2 aliphatic rings. The molecule has 1 aromatic carbocycles. The number of hydroxylamine groups is 2. The molecule has 0 unspecified atom stereocenters. The minimum atomic E-state index is -0.974. The van der Waals surface area contributed by atoms with Crippen molar-refractivity contribution >= 4 is 70.3 Å². The maximum atomic E-state index is 12.5. The van der Waals surface area contributed by atoms with Crippen LogP contribution in [0, 0.1) is 5.92 Å². The van der Waals surface area contributed by atoms with E-state index in [1.165, 1.54) is 4.90 Å². The van der Waals surface area contributed by atoms with Crippen LogP contribution in [0.25, 0.3) is 0 Å². The number of halogens is 4. The summed E-state index contributed by atoms with van der Waals surface area (Å²) in [5.74, 6) is -2.98. The highest BCUT2D eigenvalue weighted by molar-refractivity contribution is 6.55. The van der Waals surface area contributed by atoms with Crippen LogP contribution < -0.4 is 0 Å². The number of carbonyl (C=O) groups excluding carboxylic acids is 4. The summed E-state index contributed by atoms with van der Waals surface area (Å²) < 4.78 is 5.23. The molecule has 0 bridgehead atoms. The standard InChI is InChI=1S/C18H16Cl4N2O6/c1-18(2,3)29-17(28)23-5-7(6-23)4-8(25)30-24-15(26)9-10(16(24)27)12(20)14(22)13(21)11(9)19/h7H,4-6H2,1-3H3. The minimum Gasteiger partial charge on any atom is -0.444 e. The van der Waals surface area contributed by atoms with Gasteiger partial charge in [-0.1, -0.05) is 51.5 Å². The Morgan fingerprint density at radius 3 is 1.83 bits per heavy atom. The molecule has 0 aromatic heterocycles. The van der Waals surface area contributed by atoms with E-state index in [-0.39, 0.29) is 61.7 Å². The fourth-order valence-corrected chi connectivity index (χ4v) is 3.98. The summed E-state index contributed by atoms with van der Waals surface area (Å²) in [7, 11) is 0. The van der Waals surface area contributed by atoms with Crippen molar-refractivity contribution in [1.29, 1.82) is 0 Å². The second-order valence-electron chi connectivity index (χ2n) is 7.83. The van der Waals surface area contributed by atoms with Crippen molar-refractivity contribution in [2.45, 2.75) is 32.8 Å². The molecule has 0 N–H and O–H groups in total. The van der Waals surface area contributed by atoms with E-state index in [0.717, 1.165) is 0 Å². The molecule has 2 aliphatic heterocycles. The lowest BCUT2D eigenvalue weighted by molar-refractivity contribution is -0.171. The van der Waals surface area contributed by atoms with Gasteiger partial charge in [-0.3, -0.25) is 9.59 Å². The van der Waals surface area contributed by atoms with Crippen molar-refractivity contribution in [3.63, 3.8) is 0 Å². The number of rotatable bonds is 3. The van der Waals surface area contributed by atoms with Gasteiger partial charge in [0.05, 0.1) is 37.6 Å². The number of imide groups is 1. The maximum Gasteiger partial charge on any atom is 0.410 e. The van der Waals surface area contributed by atoms with Gasteiger partial charge in [-0.2, -0.15) is 0 Å². The smallest absolute Gasteiger partial charge is 0.410 e. The van der Waals surface area contributed by atoms with Crippen LogP contribution >= 0.6 is 46.4 Å². The lowest BCUT2D eigenvalue weighted by Crippen LogP contribution is -2.52. The summed E-state index contributed by atoms with van der Waals surface area (Å²) in [5, 5.41) is -0.613. The summed E-state index contributed by atoms with van der Waals surface area (Å²) in [6, 6.07) is 0. The summed E-state index contributed by atoms with van der Waals surface area (Å²) in [4.78, 5) is 55.6. The molecule has 1 fully saturated rings. The van der Waals surface area contributed by atoms with Crippen LogP contribution in [0.2, 0.25) is 20.1 Å². The monoisotopic (exact) mass is 496 g/mol. The van der Waals surface area contributed by atoms with Gasteiger partial charge in [0.2, 0.25) is 0 Å². The van der Waals surface area contributed by atoms with Crippen molar-refractivity contribution in [2.75, 3.05) is 13.1 Å². The van der Waals surface area contributed by atoms with E-state index in [2.05, 4.69) is 0 Å². The second-order valence-corrected chi connectivity index (χ2v) is 9.34. The number of nitrogens with zero attached hydrogens (tertiary/aromatic N) is 2. The van der Waals surface area contributed by atoms with Crippen LogP contribution in [0.3, 0.4) is 0 Å². The molecule has 3 rings (SSSR count). The predicted molar refractivity (Wildman–Crippen MR) is 109 cm³/mol. The van der Waals surface area contributed by atoms with E-state index in [4.69, 9.17) is 56.0 Å². The number of hydrogen-bond acceptors (Lipinski definition) is 6. The van der Waals surface area contributed by atoms with Crippen molar-refractivity contribution in [2.24, 2.45) is 5.92 Å². The fourth-order valence-electron chi connectivity index (χ4n) is 2.96. The van der Waals surface area contributed by atoms with Crippen molar-refractivity contribution < 1.29 is 28.8 Å². The molecule has 1 aromatic rings. The van der Waals surface area contributed by atoms with Gasteiger partial charge >= 0.3 is 12.1 Å². The Bertz CT molecular complexity index is 922. The molecule has 8 nitrogen and oxygen atoms in total. The Morgan fingerprint density at radius 1 is 0.933 bits per heavy atom. The van der Waals surface area contributed by atoms with Crippen LogP contribution in [0.5, 0.6) is 0 Å². The van der Waals surface area contributed by atoms with E-state index in [0.29, 0.717) is 0 Å². The third-order valence-electron chi connectivity index (χ3n) is 4.32. The third kappa shape index (κ3) is 4.19. The molecule has 30 heavy (non-hydrogen) atoms. The molecule has 0 saturated carbocycles. The van der Waals surface area contributed by atoms with E-state index in [1.807, 2.05) is 0 Å². The SMILES string of the molecule is CC(C)(C)OC(=O)N1CC(CC(=O)ON2C(=O)c3c(Cl)c(Cl)c(Cl)c(Cl)c3C2=O)C1. The van der Waals surface area contributed by atoms with Gasteiger partial charge < -0.3 is 14.5 Å². The summed E-state index contributed by atoms with van der Waals surface area (Å²) in [6.45, 7) is 5.82. The number of carbonyl (C=O) groups is 4. The average Bonchev–Trinajstić information content (AvgIpc) is 2.84. The number of ether oxygens (including phenoxy) is 1. The Morgan fingerprint density at radius 2 is 1.40 bits per heavy atom. The normalized spacial score (nSPS) is 16.5. The van der Waals surface area contributed by atoms with Crippen molar-refractivity contribution in [3.8, 4) is 0 Å². The highest BCUT2D eigenvalue weighted by atomic mass is 35.5. The van der Waals surface area contributed by atoms with Gasteiger partial charge in [-0.05, 0) is 20.8 Å².